The second-order valence-corrected chi connectivity index (χ2v) is 6.98. The molecule has 1 fully saturated rings. The van der Waals surface area contributed by atoms with Gasteiger partial charge in [0.25, 0.3) is 5.91 Å². The van der Waals surface area contributed by atoms with E-state index in [-0.39, 0.29) is 23.7 Å². The van der Waals surface area contributed by atoms with E-state index in [4.69, 9.17) is 0 Å². The Balaban J connectivity index is 1.71. The van der Waals surface area contributed by atoms with E-state index in [2.05, 4.69) is 10.3 Å². The van der Waals surface area contributed by atoms with Crippen LogP contribution >= 0.6 is 11.3 Å². The monoisotopic (exact) mass is 347 g/mol. The van der Waals surface area contributed by atoms with Crippen LogP contribution in [0.5, 0.6) is 0 Å². The van der Waals surface area contributed by atoms with E-state index in [1.54, 1.807) is 23.1 Å². The second-order valence-electron chi connectivity index (χ2n) is 5.95. The summed E-state index contributed by atoms with van der Waals surface area (Å²) in [5.74, 6) is -0.784. The average Bonchev–Trinajstić information content (AvgIpc) is 3.16. The lowest BCUT2D eigenvalue weighted by atomic mass is 10.2. The molecule has 0 aliphatic carbocycles. The maximum Gasteiger partial charge on any atom is 0.263 e. The van der Waals surface area contributed by atoms with Crippen LogP contribution in [-0.2, 0) is 4.79 Å². The Morgan fingerprint density at radius 2 is 2.17 bits per heavy atom. The van der Waals surface area contributed by atoms with Crippen LogP contribution < -0.4 is 5.32 Å². The smallest absolute Gasteiger partial charge is 0.263 e. The molecular weight excluding hydrogens is 329 g/mol. The summed E-state index contributed by atoms with van der Waals surface area (Å²) in [6.45, 7) is 4.54. The lowest BCUT2D eigenvalue weighted by Gasteiger charge is -2.20. The fraction of sp³-hybridized carbons (Fsp3) is 0.353. The number of thiazole rings is 1. The number of aromatic nitrogens is 1. The lowest BCUT2D eigenvalue weighted by Crippen LogP contribution is -2.43. The second kappa shape index (κ2) is 6.68. The van der Waals surface area contributed by atoms with Crippen molar-refractivity contribution in [1.29, 1.82) is 0 Å². The van der Waals surface area contributed by atoms with Gasteiger partial charge in [0.05, 0.1) is 6.20 Å². The number of hydrogen-bond donors (Lipinski definition) is 1. The van der Waals surface area contributed by atoms with Gasteiger partial charge in [-0.05, 0) is 32.4 Å². The van der Waals surface area contributed by atoms with Gasteiger partial charge in [0.2, 0.25) is 5.91 Å². The third kappa shape index (κ3) is 3.17. The minimum atomic E-state index is -0.501. The molecule has 1 aromatic carbocycles. The topological polar surface area (TPSA) is 62.3 Å². The zero-order chi connectivity index (χ0) is 17.3. The van der Waals surface area contributed by atoms with Gasteiger partial charge >= 0.3 is 0 Å². The minimum Gasteiger partial charge on any atom is -0.339 e. The molecule has 0 radical (unpaired) electrons. The predicted octanol–water partition coefficient (Wildman–Crippen LogP) is 2.69. The summed E-state index contributed by atoms with van der Waals surface area (Å²) in [6.07, 6.45) is 2.02. The van der Waals surface area contributed by atoms with Crippen molar-refractivity contribution in [3.05, 3.63) is 41.2 Å². The molecule has 2 aromatic rings. The first-order valence-corrected chi connectivity index (χ1v) is 8.61. The van der Waals surface area contributed by atoms with E-state index in [9.17, 15) is 14.0 Å². The quantitative estimate of drug-likeness (QED) is 0.925. The standard InChI is InChI=1S/C17H18FN3O2S/c1-10(2)21-8-7-13(17(21)23)20-15(22)14-9-19-16(24-14)11-5-3-4-6-12(11)18/h3-6,9-10,13H,7-8H2,1-2H3,(H,20,22). The van der Waals surface area contributed by atoms with Crippen LogP contribution in [0.2, 0.25) is 0 Å². The summed E-state index contributed by atoms with van der Waals surface area (Å²) in [5, 5.41) is 3.20. The SMILES string of the molecule is CC(C)N1CCC(NC(=O)c2cnc(-c3ccccc3F)s2)C1=O. The molecule has 126 valence electrons. The highest BCUT2D eigenvalue weighted by Gasteiger charge is 2.34. The molecule has 1 saturated heterocycles. The molecule has 1 aliphatic heterocycles. The highest BCUT2D eigenvalue weighted by Crippen LogP contribution is 2.27. The normalized spacial score (nSPS) is 17.6. The number of nitrogens with zero attached hydrogens (tertiary/aromatic N) is 2. The van der Waals surface area contributed by atoms with Crippen LogP contribution in [0.1, 0.15) is 29.9 Å². The molecule has 1 N–H and O–H groups in total. The first-order valence-electron chi connectivity index (χ1n) is 7.79. The van der Waals surface area contributed by atoms with Crippen molar-refractivity contribution in [1.82, 2.24) is 15.2 Å². The van der Waals surface area contributed by atoms with Gasteiger partial charge in [-0.15, -0.1) is 11.3 Å². The minimum absolute atomic E-state index is 0.0582. The van der Waals surface area contributed by atoms with E-state index in [0.717, 1.165) is 11.3 Å². The molecule has 7 heteroatoms. The van der Waals surface area contributed by atoms with E-state index in [1.165, 1.54) is 12.3 Å². The van der Waals surface area contributed by atoms with Gasteiger partial charge in [0.1, 0.15) is 21.7 Å². The van der Waals surface area contributed by atoms with Crippen molar-refractivity contribution in [2.24, 2.45) is 0 Å². The van der Waals surface area contributed by atoms with E-state index in [0.29, 0.717) is 28.4 Å². The summed E-state index contributed by atoms with van der Waals surface area (Å²) in [5.41, 5.74) is 0.365. The van der Waals surface area contributed by atoms with Crippen LogP contribution in [0.4, 0.5) is 4.39 Å². The molecule has 2 amide bonds. The zero-order valence-corrected chi connectivity index (χ0v) is 14.3. The van der Waals surface area contributed by atoms with Gasteiger partial charge in [-0.2, -0.15) is 0 Å². The fourth-order valence-corrected chi connectivity index (χ4v) is 3.56. The number of benzene rings is 1. The number of rotatable bonds is 4. The van der Waals surface area contributed by atoms with Crippen LogP contribution in [0.3, 0.4) is 0 Å². The van der Waals surface area contributed by atoms with Crippen molar-refractivity contribution in [2.45, 2.75) is 32.4 Å². The summed E-state index contributed by atoms with van der Waals surface area (Å²) in [4.78, 5) is 30.8. The summed E-state index contributed by atoms with van der Waals surface area (Å²) >= 11 is 1.11. The fourth-order valence-electron chi connectivity index (χ4n) is 2.72. The molecular formula is C17H18FN3O2S. The Morgan fingerprint density at radius 3 is 2.83 bits per heavy atom. The molecule has 2 heterocycles. The largest absolute Gasteiger partial charge is 0.339 e. The third-order valence-corrected chi connectivity index (χ3v) is 5.03. The summed E-state index contributed by atoms with van der Waals surface area (Å²) < 4.78 is 13.8. The van der Waals surface area contributed by atoms with Gasteiger partial charge in [-0.3, -0.25) is 9.59 Å². The number of hydrogen-bond acceptors (Lipinski definition) is 4. The number of likely N-dealkylation sites (tertiary alicyclic amines) is 1. The van der Waals surface area contributed by atoms with Gasteiger partial charge in [-0.25, -0.2) is 9.37 Å². The van der Waals surface area contributed by atoms with Crippen molar-refractivity contribution >= 4 is 23.2 Å². The molecule has 0 spiro atoms. The Hall–Kier alpha value is -2.28. The molecule has 0 bridgehead atoms. The molecule has 3 rings (SSSR count). The molecule has 1 atom stereocenters. The van der Waals surface area contributed by atoms with Gasteiger partial charge in [0.15, 0.2) is 0 Å². The number of halogens is 1. The maximum atomic E-state index is 13.8. The zero-order valence-electron chi connectivity index (χ0n) is 13.5. The van der Waals surface area contributed by atoms with Crippen molar-refractivity contribution in [2.75, 3.05) is 6.54 Å². The van der Waals surface area contributed by atoms with Crippen molar-refractivity contribution < 1.29 is 14.0 Å². The summed E-state index contributed by atoms with van der Waals surface area (Å²) in [7, 11) is 0. The summed E-state index contributed by atoms with van der Waals surface area (Å²) in [6, 6.07) is 5.92. The first-order chi connectivity index (χ1) is 11.5. The van der Waals surface area contributed by atoms with Gasteiger partial charge in [0, 0.05) is 18.2 Å². The van der Waals surface area contributed by atoms with Crippen molar-refractivity contribution in [3.63, 3.8) is 0 Å². The molecule has 0 saturated carbocycles. The van der Waals surface area contributed by atoms with Crippen LogP contribution in [-0.4, -0.2) is 40.3 Å². The average molecular weight is 347 g/mol. The molecule has 1 aromatic heterocycles. The number of carbonyl (C=O) groups is 2. The predicted molar refractivity (Wildman–Crippen MR) is 90.2 cm³/mol. The first kappa shape index (κ1) is 16.6. The molecule has 24 heavy (non-hydrogen) atoms. The number of nitrogens with one attached hydrogen (secondary N) is 1. The third-order valence-electron chi connectivity index (χ3n) is 4.00. The molecule has 1 unspecified atom stereocenters. The Morgan fingerprint density at radius 1 is 1.42 bits per heavy atom. The van der Waals surface area contributed by atoms with E-state index >= 15 is 0 Å². The van der Waals surface area contributed by atoms with Crippen LogP contribution in [0.15, 0.2) is 30.5 Å². The van der Waals surface area contributed by atoms with Gasteiger partial charge < -0.3 is 10.2 Å². The Bertz CT molecular complexity index is 775. The Labute approximate surface area is 143 Å². The van der Waals surface area contributed by atoms with Crippen LogP contribution in [0.25, 0.3) is 10.6 Å². The number of amides is 2. The molecule has 5 nitrogen and oxygen atoms in total. The Kier molecular flexibility index (Phi) is 4.62. The highest BCUT2D eigenvalue weighted by molar-refractivity contribution is 7.16. The van der Waals surface area contributed by atoms with Crippen LogP contribution in [0, 0.1) is 5.82 Å². The number of carbonyl (C=O) groups excluding carboxylic acids is 2. The highest BCUT2D eigenvalue weighted by atomic mass is 32.1. The molecule has 1 aliphatic rings. The van der Waals surface area contributed by atoms with Crippen molar-refractivity contribution in [3.8, 4) is 10.6 Å². The van der Waals surface area contributed by atoms with E-state index < -0.39 is 6.04 Å². The van der Waals surface area contributed by atoms with E-state index in [1.807, 2.05) is 13.8 Å². The van der Waals surface area contributed by atoms with Gasteiger partial charge in [-0.1, -0.05) is 12.1 Å². The lowest BCUT2D eigenvalue weighted by molar-refractivity contribution is -0.130. The maximum absolute atomic E-state index is 13.8.